The van der Waals surface area contributed by atoms with Gasteiger partial charge in [-0.2, -0.15) is 0 Å². The Morgan fingerprint density at radius 2 is 0.719 bits per heavy atom. The topological polar surface area (TPSA) is 9.86 Å². The van der Waals surface area contributed by atoms with Crippen LogP contribution in [0.3, 0.4) is 0 Å². The monoisotopic (exact) mass is 742 g/mol. The SMILES string of the molecule is c1ccc(-c2ccc(-n3c4ccccc4c4ccc(-n5c6ccccc6c6c([Si](c7ccccc7)(c7ccccc7)c7ccccc7)cccc65)cc43)cc2)cc1. The van der Waals surface area contributed by atoms with Crippen molar-refractivity contribution in [2.75, 3.05) is 0 Å². The minimum atomic E-state index is -2.83. The van der Waals surface area contributed by atoms with Crippen molar-refractivity contribution < 1.29 is 0 Å². The van der Waals surface area contributed by atoms with Crippen LogP contribution in [-0.4, -0.2) is 17.2 Å². The average molecular weight is 743 g/mol. The summed E-state index contributed by atoms with van der Waals surface area (Å²) in [5.74, 6) is 0. The van der Waals surface area contributed by atoms with Crippen LogP contribution in [0, 0.1) is 0 Å². The molecule has 2 aromatic heterocycles. The molecule has 0 aliphatic heterocycles. The summed E-state index contributed by atoms with van der Waals surface area (Å²) < 4.78 is 4.93. The van der Waals surface area contributed by atoms with Crippen LogP contribution in [-0.2, 0) is 0 Å². The summed E-state index contributed by atoms with van der Waals surface area (Å²) in [6.45, 7) is 0. The van der Waals surface area contributed by atoms with Crippen molar-refractivity contribution in [3.63, 3.8) is 0 Å². The Kier molecular flexibility index (Phi) is 7.87. The third-order valence-corrected chi connectivity index (χ3v) is 16.7. The molecule has 57 heavy (non-hydrogen) atoms. The fourth-order valence-corrected chi connectivity index (χ4v) is 14.4. The molecule has 0 saturated heterocycles. The van der Waals surface area contributed by atoms with Crippen molar-refractivity contribution in [2.24, 2.45) is 0 Å². The summed E-state index contributed by atoms with van der Waals surface area (Å²) in [4.78, 5) is 0. The molecule has 0 spiro atoms. The van der Waals surface area contributed by atoms with E-state index in [-0.39, 0.29) is 0 Å². The van der Waals surface area contributed by atoms with Gasteiger partial charge >= 0.3 is 0 Å². The van der Waals surface area contributed by atoms with Gasteiger partial charge < -0.3 is 9.13 Å². The van der Waals surface area contributed by atoms with E-state index < -0.39 is 8.07 Å². The van der Waals surface area contributed by atoms with E-state index in [0.29, 0.717) is 0 Å². The number of nitrogens with zero attached hydrogens (tertiary/aromatic N) is 2. The van der Waals surface area contributed by atoms with E-state index in [1.54, 1.807) is 0 Å². The van der Waals surface area contributed by atoms with Gasteiger partial charge in [-0.1, -0.05) is 188 Å². The van der Waals surface area contributed by atoms with Crippen molar-refractivity contribution in [1.29, 1.82) is 0 Å². The second kappa shape index (κ2) is 13.5. The van der Waals surface area contributed by atoms with Crippen molar-refractivity contribution >= 4 is 72.4 Å². The van der Waals surface area contributed by atoms with Crippen LogP contribution >= 0.6 is 0 Å². The van der Waals surface area contributed by atoms with E-state index >= 15 is 0 Å². The molecule has 0 aliphatic carbocycles. The van der Waals surface area contributed by atoms with E-state index in [0.717, 1.165) is 11.4 Å². The zero-order valence-electron chi connectivity index (χ0n) is 31.3. The van der Waals surface area contributed by atoms with Crippen LogP contribution in [0.1, 0.15) is 0 Å². The molecule has 0 unspecified atom stereocenters. The molecular formula is C54H38N2Si. The van der Waals surface area contributed by atoms with Gasteiger partial charge in [0.05, 0.1) is 22.1 Å². The molecule has 268 valence electrons. The lowest BCUT2D eigenvalue weighted by atomic mass is 10.1. The van der Waals surface area contributed by atoms with Gasteiger partial charge in [-0.25, -0.2) is 0 Å². The molecule has 0 N–H and O–H groups in total. The highest BCUT2D eigenvalue weighted by atomic mass is 28.3. The summed E-state index contributed by atoms with van der Waals surface area (Å²) in [7, 11) is -2.83. The van der Waals surface area contributed by atoms with E-state index in [1.165, 1.54) is 75.5 Å². The van der Waals surface area contributed by atoms with Gasteiger partial charge in [-0.05, 0) is 74.3 Å². The fraction of sp³-hybridized carbons (Fsp3) is 0. The minimum Gasteiger partial charge on any atom is -0.309 e. The molecule has 0 aliphatic rings. The summed E-state index contributed by atoms with van der Waals surface area (Å²) in [5.41, 5.74) is 9.51. The highest BCUT2D eigenvalue weighted by molar-refractivity contribution is 7.20. The van der Waals surface area contributed by atoms with Gasteiger partial charge in [0.1, 0.15) is 0 Å². The fourth-order valence-electron chi connectivity index (χ4n) is 9.45. The second-order valence-electron chi connectivity index (χ2n) is 14.9. The zero-order valence-corrected chi connectivity index (χ0v) is 32.3. The lowest BCUT2D eigenvalue weighted by Crippen LogP contribution is -2.74. The van der Waals surface area contributed by atoms with Gasteiger partial charge in [0.25, 0.3) is 0 Å². The summed E-state index contributed by atoms with van der Waals surface area (Å²) in [6, 6.07) is 85.2. The van der Waals surface area contributed by atoms with Crippen molar-refractivity contribution in [3.05, 3.63) is 231 Å². The summed E-state index contributed by atoms with van der Waals surface area (Å²) in [5, 5.41) is 10.6. The number of para-hydroxylation sites is 2. The summed E-state index contributed by atoms with van der Waals surface area (Å²) >= 11 is 0. The molecule has 0 bridgehead atoms. The molecule has 2 heterocycles. The number of hydrogen-bond donors (Lipinski definition) is 0. The number of aromatic nitrogens is 2. The van der Waals surface area contributed by atoms with Gasteiger partial charge in [-0.3, -0.25) is 0 Å². The molecule has 0 amide bonds. The molecule has 2 nitrogen and oxygen atoms in total. The van der Waals surface area contributed by atoms with Crippen LogP contribution < -0.4 is 20.7 Å². The Bertz CT molecular complexity index is 3100. The largest absolute Gasteiger partial charge is 0.309 e. The standard InChI is InChI=1S/C54H38N2Si/c1-5-18-39(19-6-1)40-32-34-41(35-33-40)55-49-28-15-13-26-46(49)47-37-36-42(38-52(47)55)56-50-29-16-14-27-48(50)54-51(56)30-17-31-53(54)57(43-20-7-2-8-21-43,44-22-9-3-10-23-44)45-24-11-4-12-25-45/h1-38H. The number of hydrogen-bond acceptors (Lipinski definition) is 0. The molecule has 9 aromatic carbocycles. The molecule has 0 atom stereocenters. The highest BCUT2D eigenvalue weighted by Crippen LogP contribution is 2.37. The third-order valence-electron chi connectivity index (χ3n) is 11.9. The average Bonchev–Trinajstić information content (AvgIpc) is 3.81. The number of benzene rings is 9. The third kappa shape index (κ3) is 5.17. The van der Waals surface area contributed by atoms with E-state index in [1.807, 2.05) is 0 Å². The Hall–Kier alpha value is -7.20. The lowest BCUT2D eigenvalue weighted by Gasteiger charge is -2.35. The molecule has 3 heteroatoms. The maximum Gasteiger partial charge on any atom is 0.180 e. The molecule has 11 rings (SSSR count). The normalized spacial score (nSPS) is 11.9. The molecule has 11 aromatic rings. The molecule has 0 saturated carbocycles. The Morgan fingerprint density at radius 1 is 0.281 bits per heavy atom. The van der Waals surface area contributed by atoms with Gasteiger partial charge in [0, 0.05) is 32.9 Å². The molecule has 0 radical (unpaired) electrons. The minimum absolute atomic E-state index is 1.14. The first-order valence-electron chi connectivity index (χ1n) is 19.7. The van der Waals surface area contributed by atoms with Crippen molar-refractivity contribution in [3.8, 4) is 22.5 Å². The number of fused-ring (bicyclic) bond motifs is 6. The van der Waals surface area contributed by atoms with E-state index in [4.69, 9.17) is 0 Å². The Labute approximate surface area is 333 Å². The Morgan fingerprint density at radius 3 is 1.33 bits per heavy atom. The quantitative estimate of drug-likeness (QED) is 0.114. The van der Waals surface area contributed by atoms with E-state index in [2.05, 4.69) is 240 Å². The maximum absolute atomic E-state index is 2.83. The second-order valence-corrected chi connectivity index (χ2v) is 18.6. The molecule has 0 fully saturated rings. The number of rotatable bonds is 7. The predicted molar refractivity (Wildman–Crippen MR) is 244 cm³/mol. The van der Waals surface area contributed by atoms with E-state index in [9.17, 15) is 0 Å². The van der Waals surface area contributed by atoms with Crippen molar-refractivity contribution in [2.45, 2.75) is 0 Å². The zero-order chi connectivity index (χ0) is 37.8. The van der Waals surface area contributed by atoms with Crippen LogP contribution in [0.15, 0.2) is 231 Å². The van der Waals surface area contributed by atoms with Gasteiger partial charge in [-0.15, -0.1) is 0 Å². The first-order valence-corrected chi connectivity index (χ1v) is 21.7. The molecular weight excluding hydrogens is 705 g/mol. The van der Waals surface area contributed by atoms with Crippen LogP contribution in [0.4, 0.5) is 0 Å². The first-order chi connectivity index (χ1) is 28.3. The van der Waals surface area contributed by atoms with Crippen LogP contribution in [0.25, 0.3) is 66.1 Å². The highest BCUT2D eigenvalue weighted by Gasteiger charge is 2.43. The van der Waals surface area contributed by atoms with Crippen molar-refractivity contribution in [1.82, 2.24) is 9.13 Å². The maximum atomic E-state index is 2.49. The van der Waals surface area contributed by atoms with Gasteiger partial charge in [0.15, 0.2) is 8.07 Å². The van der Waals surface area contributed by atoms with Gasteiger partial charge in [0.2, 0.25) is 0 Å². The van der Waals surface area contributed by atoms with Crippen LogP contribution in [0.5, 0.6) is 0 Å². The predicted octanol–water partition coefficient (Wildman–Crippen LogP) is 10.9. The Balaban J connectivity index is 1.19. The summed E-state index contributed by atoms with van der Waals surface area (Å²) in [6.07, 6.45) is 0. The lowest BCUT2D eigenvalue weighted by molar-refractivity contribution is 1.15. The first kappa shape index (κ1) is 33.2. The smallest absolute Gasteiger partial charge is 0.180 e. The van der Waals surface area contributed by atoms with Crippen LogP contribution in [0.2, 0.25) is 0 Å².